The number of likely N-dealkylation sites (tertiary alicyclic amines) is 1. The number of piperidine rings is 1. The second kappa shape index (κ2) is 7.27. The van der Waals surface area contributed by atoms with Gasteiger partial charge >= 0.3 is 6.03 Å². The number of amides is 3. The molecule has 0 radical (unpaired) electrons. The van der Waals surface area contributed by atoms with Crippen LogP contribution in [0.1, 0.15) is 37.2 Å². The molecule has 3 amide bonds. The average molecular weight is 340 g/mol. The molecule has 2 N–H and O–H groups in total. The number of nitrogens with zero attached hydrogens (tertiary/aromatic N) is 3. The first-order valence-corrected chi connectivity index (χ1v) is 8.56. The van der Waals surface area contributed by atoms with Gasteiger partial charge in [-0.1, -0.05) is 0 Å². The molecule has 8 heteroatoms. The van der Waals surface area contributed by atoms with E-state index >= 15 is 0 Å². The lowest BCUT2D eigenvalue weighted by molar-refractivity contribution is -0.135. The van der Waals surface area contributed by atoms with Crippen molar-refractivity contribution in [3.63, 3.8) is 0 Å². The Hall–Kier alpha value is -1.67. The first-order chi connectivity index (χ1) is 10.8. The van der Waals surface area contributed by atoms with Gasteiger partial charge in [-0.2, -0.15) is 0 Å². The maximum atomic E-state index is 12.4. The van der Waals surface area contributed by atoms with Crippen LogP contribution in [0.25, 0.3) is 0 Å². The highest BCUT2D eigenvalue weighted by molar-refractivity contribution is 7.09. The number of urea groups is 1. The lowest BCUT2D eigenvalue weighted by Gasteiger charge is -2.39. The molecule has 2 heterocycles. The summed E-state index contributed by atoms with van der Waals surface area (Å²) in [5, 5.41) is 16.2. The van der Waals surface area contributed by atoms with E-state index in [1.54, 1.807) is 25.2 Å². The Kier molecular flexibility index (Phi) is 5.59. The minimum atomic E-state index is -1.15. The van der Waals surface area contributed by atoms with Crippen molar-refractivity contribution in [1.29, 1.82) is 0 Å². The Morgan fingerprint density at radius 2 is 2.30 bits per heavy atom. The minimum Gasteiger partial charge on any atom is -0.387 e. The molecule has 1 fully saturated rings. The number of hydrogen-bond donors (Lipinski definition) is 2. The molecular formula is C15H24N4O3S. The predicted molar refractivity (Wildman–Crippen MR) is 88.1 cm³/mol. The summed E-state index contributed by atoms with van der Waals surface area (Å²) in [4.78, 5) is 31.5. The highest BCUT2D eigenvalue weighted by Crippen LogP contribution is 2.25. The number of aliphatic hydroxyl groups is 1. The SMILES string of the molecule is C[C@H](NC(=O)N1CCCC(O)(CC(=O)N(C)C)C1)c1nccs1. The summed E-state index contributed by atoms with van der Waals surface area (Å²) >= 11 is 1.49. The van der Waals surface area contributed by atoms with Gasteiger partial charge in [-0.15, -0.1) is 11.3 Å². The topological polar surface area (TPSA) is 85.8 Å². The molecule has 1 aliphatic heterocycles. The van der Waals surface area contributed by atoms with Gasteiger partial charge in [0.15, 0.2) is 0 Å². The van der Waals surface area contributed by atoms with E-state index in [9.17, 15) is 14.7 Å². The zero-order valence-corrected chi connectivity index (χ0v) is 14.6. The standard InChI is InChI=1S/C15H24N4O3S/c1-11(13-16-6-8-23-13)17-14(21)19-7-4-5-15(22,10-19)9-12(20)18(2)3/h6,8,11,22H,4-5,7,9-10H2,1-3H3,(H,17,21)/t11-,15?/m0/s1. The van der Waals surface area contributed by atoms with Gasteiger partial charge in [0.25, 0.3) is 0 Å². The van der Waals surface area contributed by atoms with Gasteiger partial charge in [0, 0.05) is 32.2 Å². The Morgan fingerprint density at radius 1 is 1.57 bits per heavy atom. The number of rotatable bonds is 4. The van der Waals surface area contributed by atoms with Crippen LogP contribution in [-0.2, 0) is 4.79 Å². The third-order valence-electron chi connectivity index (χ3n) is 3.98. The van der Waals surface area contributed by atoms with Crippen LogP contribution in [0.4, 0.5) is 4.79 Å². The van der Waals surface area contributed by atoms with Crippen LogP contribution in [-0.4, -0.2) is 64.6 Å². The van der Waals surface area contributed by atoms with Gasteiger partial charge in [0.05, 0.1) is 24.6 Å². The van der Waals surface area contributed by atoms with E-state index in [4.69, 9.17) is 0 Å². The smallest absolute Gasteiger partial charge is 0.318 e. The van der Waals surface area contributed by atoms with Gasteiger partial charge in [0.1, 0.15) is 5.01 Å². The summed E-state index contributed by atoms with van der Waals surface area (Å²) in [6.45, 7) is 2.63. The second-order valence-corrected chi connectivity index (χ2v) is 7.18. The molecule has 0 saturated carbocycles. The highest BCUT2D eigenvalue weighted by atomic mass is 32.1. The van der Waals surface area contributed by atoms with E-state index in [2.05, 4.69) is 10.3 Å². The summed E-state index contributed by atoms with van der Waals surface area (Å²) in [7, 11) is 3.32. The molecule has 0 aromatic carbocycles. The van der Waals surface area contributed by atoms with Crippen molar-refractivity contribution >= 4 is 23.3 Å². The Labute approximate surface area is 140 Å². The number of thiazole rings is 1. The molecule has 2 atom stereocenters. The molecule has 7 nitrogen and oxygen atoms in total. The summed E-state index contributed by atoms with van der Waals surface area (Å²) in [5.74, 6) is -0.133. The average Bonchev–Trinajstić information content (AvgIpc) is 3.00. The third-order valence-corrected chi connectivity index (χ3v) is 4.94. The zero-order valence-electron chi connectivity index (χ0n) is 13.8. The van der Waals surface area contributed by atoms with E-state index in [0.29, 0.717) is 19.4 Å². The molecular weight excluding hydrogens is 316 g/mol. The van der Waals surface area contributed by atoms with E-state index in [0.717, 1.165) is 5.01 Å². The van der Waals surface area contributed by atoms with Crippen molar-refractivity contribution in [2.75, 3.05) is 27.2 Å². The zero-order chi connectivity index (χ0) is 17.0. The van der Waals surface area contributed by atoms with Crippen molar-refractivity contribution in [3.8, 4) is 0 Å². The number of aromatic nitrogens is 1. The van der Waals surface area contributed by atoms with Crippen LogP contribution in [0.3, 0.4) is 0 Å². The number of carbonyl (C=O) groups is 2. The maximum Gasteiger partial charge on any atom is 0.318 e. The summed E-state index contributed by atoms with van der Waals surface area (Å²) in [6.07, 6.45) is 2.94. The molecule has 0 aliphatic carbocycles. The van der Waals surface area contributed by atoms with Crippen molar-refractivity contribution in [1.82, 2.24) is 20.1 Å². The molecule has 23 heavy (non-hydrogen) atoms. The Balaban J connectivity index is 1.94. The molecule has 1 saturated heterocycles. The number of β-amino-alcohol motifs (C(OH)–C–C–N with tert-alkyl or cyclic N) is 1. The predicted octanol–water partition coefficient (Wildman–Crippen LogP) is 1.22. The third kappa shape index (κ3) is 4.65. The number of nitrogens with one attached hydrogen (secondary N) is 1. The second-order valence-electron chi connectivity index (χ2n) is 6.26. The van der Waals surface area contributed by atoms with Crippen LogP contribution in [0.5, 0.6) is 0 Å². The first kappa shape index (κ1) is 17.7. The van der Waals surface area contributed by atoms with Crippen molar-refractivity contribution < 1.29 is 14.7 Å². The van der Waals surface area contributed by atoms with E-state index in [-0.39, 0.29) is 30.9 Å². The van der Waals surface area contributed by atoms with Crippen LogP contribution < -0.4 is 5.32 Å². The normalized spacial score (nSPS) is 22.5. The van der Waals surface area contributed by atoms with Gasteiger partial charge < -0.3 is 20.2 Å². The van der Waals surface area contributed by atoms with Gasteiger partial charge in [-0.25, -0.2) is 9.78 Å². The fraction of sp³-hybridized carbons (Fsp3) is 0.667. The Bertz CT molecular complexity index is 549. The highest BCUT2D eigenvalue weighted by Gasteiger charge is 2.37. The van der Waals surface area contributed by atoms with Crippen LogP contribution in [0, 0.1) is 0 Å². The summed E-state index contributed by atoms with van der Waals surface area (Å²) in [5.41, 5.74) is -1.15. The summed E-state index contributed by atoms with van der Waals surface area (Å²) < 4.78 is 0. The summed E-state index contributed by atoms with van der Waals surface area (Å²) in [6, 6.07) is -0.413. The molecule has 1 unspecified atom stereocenters. The Morgan fingerprint density at radius 3 is 2.91 bits per heavy atom. The van der Waals surface area contributed by atoms with Gasteiger partial charge in [-0.05, 0) is 19.8 Å². The molecule has 128 valence electrons. The minimum absolute atomic E-state index is 0.0335. The quantitative estimate of drug-likeness (QED) is 0.863. The van der Waals surface area contributed by atoms with Crippen LogP contribution in [0.15, 0.2) is 11.6 Å². The fourth-order valence-electron chi connectivity index (χ4n) is 2.66. The van der Waals surface area contributed by atoms with Crippen LogP contribution in [0.2, 0.25) is 0 Å². The molecule has 0 bridgehead atoms. The van der Waals surface area contributed by atoms with Gasteiger partial charge in [0.2, 0.25) is 5.91 Å². The van der Waals surface area contributed by atoms with Crippen molar-refractivity contribution in [2.45, 2.75) is 37.8 Å². The molecule has 1 aliphatic rings. The molecule has 1 aromatic heterocycles. The molecule has 2 rings (SSSR count). The fourth-order valence-corrected chi connectivity index (χ4v) is 3.30. The van der Waals surface area contributed by atoms with Crippen LogP contribution >= 0.6 is 11.3 Å². The monoisotopic (exact) mass is 340 g/mol. The molecule has 1 aromatic rings. The van der Waals surface area contributed by atoms with E-state index < -0.39 is 5.60 Å². The first-order valence-electron chi connectivity index (χ1n) is 7.68. The van der Waals surface area contributed by atoms with E-state index in [1.807, 2.05) is 12.3 Å². The number of hydrogen-bond acceptors (Lipinski definition) is 5. The lowest BCUT2D eigenvalue weighted by atomic mass is 9.89. The molecule has 0 spiro atoms. The number of carbonyl (C=O) groups excluding carboxylic acids is 2. The van der Waals surface area contributed by atoms with Gasteiger partial charge in [-0.3, -0.25) is 4.79 Å². The van der Waals surface area contributed by atoms with E-state index in [1.165, 1.54) is 16.2 Å². The largest absolute Gasteiger partial charge is 0.387 e. The maximum absolute atomic E-state index is 12.4. The van der Waals surface area contributed by atoms with Crippen molar-refractivity contribution in [2.24, 2.45) is 0 Å². The lowest BCUT2D eigenvalue weighted by Crippen LogP contribution is -2.54. The van der Waals surface area contributed by atoms with Crippen molar-refractivity contribution in [3.05, 3.63) is 16.6 Å².